The second kappa shape index (κ2) is 9.86. The molecule has 32 heavy (non-hydrogen) atoms. The van der Waals surface area contributed by atoms with Gasteiger partial charge in [-0.2, -0.15) is 0 Å². The van der Waals surface area contributed by atoms with E-state index in [0.717, 1.165) is 36.6 Å². The van der Waals surface area contributed by atoms with E-state index in [1.165, 1.54) is 0 Å². The zero-order valence-corrected chi connectivity index (χ0v) is 19.1. The minimum atomic E-state index is -0.724. The highest BCUT2D eigenvalue weighted by Gasteiger charge is 2.29. The van der Waals surface area contributed by atoms with Crippen LogP contribution in [0.4, 0.5) is 5.82 Å². The van der Waals surface area contributed by atoms with E-state index < -0.39 is 5.54 Å². The molecule has 6 N–H and O–H groups in total. The van der Waals surface area contributed by atoms with Crippen LogP contribution in [0.15, 0.2) is 23.2 Å². The molecule has 1 amide bonds. The fourth-order valence-corrected chi connectivity index (χ4v) is 4.20. The number of carbonyl (C=O) groups excluding carboxylic acids is 1. The number of guanidine groups is 1. The van der Waals surface area contributed by atoms with Crippen LogP contribution in [0.3, 0.4) is 0 Å². The lowest BCUT2D eigenvalue weighted by molar-refractivity contribution is 0.0906. The summed E-state index contributed by atoms with van der Waals surface area (Å²) in [7, 11) is 0. The number of aromatic nitrogens is 2. The molecule has 170 valence electrons. The molecule has 0 bridgehead atoms. The maximum Gasteiger partial charge on any atom is 0.290 e. The third kappa shape index (κ3) is 5.10. The third-order valence-corrected chi connectivity index (χ3v) is 6.26. The standard InChI is InChI=1S/C24H33N7O/c1-5-24(6-2,7-3)31-22(32)21-27-17-13-12-15(4)14-16(17)20(30-21)28-18-10-8-9-11-19(18)29-23(25)26/h1,12-14,18-19H,6-11H2,2-4H3,(H,31,32)(H4,25,26,29)(H,27,28,30). The minimum absolute atomic E-state index is 0.0106. The quantitative estimate of drug-likeness (QED) is 0.300. The molecule has 0 radical (unpaired) electrons. The molecule has 0 aliphatic heterocycles. The van der Waals surface area contributed by atoms with Crippen molar-refractivity contribution < 1.29 is 4.79 Å². The average molecular weight is 436 g/mol. The van der Waals surface area contributed by atoms with Crippen LogP contribution in [0.5, 0.6) is 0 Å². The molecule has 1 heterocycles. The Kier molecular flexibility index (Phi) is 7.18. The smallest absolute Gasteiger partial charge is 0.290 e. The van der Waals surface area contributed by atoms with Gasteiger partial charge in [-0.1, -0.05) is 44.2 Å². The largest absolute Gasteiger partial charge is 0.370 e. The fourth-order valence-electron chi connectivity index (χ4n) is 4.20. The number of rotatable bonds is 7. The molecule has 8 nitrogen and oxygen atoms in total. The first kappa shape index (κ1) is 23.3. The van der Waals surface area contributed by atoms with Gasteiger partial charge >= 0.3 is 0 Å². The van der Waals surface area contributed by atoms with Crippen molar-refractivity contribution in [3.05, 3.63) is 29.6 Å². The second-order valence-electron chi connectivity index (χ2n) is 8.46. The number of nitrogens with two attached hydrogens (primary N) is 2. The van der Waals surface area contributed by atoms with Gasteiger partial charge in [-0.05, 0) is 44.7 Å². The van der Waals surface area contributed by atoms with E-state index in [9.17, 15) is 4.79 Å². The van der Waals surface area contributed by atoms with Crippen LogP contribution < -0.4 is 22.1 Å². The first-order valence-electron chi connectivity index (χ1n) is 11.2. The maximum atomic E-state index is 13.1. The van der Waals surface area contributed by atoms with E-state index in [-0.39, 0.29) is 29.8 Å². The summed E-state index contributed by atoms with van der Waals surface area (Å²) < 4.78 is 0. The number of hydrogen-bond donors (Lipinski definition) is 4. The van der Waals surface area contributed by atoms with Gasteiger partial charge in [0.2, 0.25) is 5.82 Å². The molecule has 3 rings (SSSR count). The predicted molar refractivity (Wildman–Crippen MR) is 129 cm³/mol. The second-order valence-corrected chi connectivity index (χ2v) is 8.46. The highest BCUT2D eigenvalue weighted by molar-refractivity contribution is 5.97. The van der Waals surface area contributed by atoms with Gasteiger partial charge in [0.05, 0.1) is 17.6 Å². The zero-order chi connectivity index (χ0) is 23.3. The molecular weight excluding hydrogens is 402 g/mol. The number of aliphatic imine (C=N–C) groups is 1. The fraction of sp³-hybridized carbons (Fsp3) is 0.500. The minimum Gasteiger partial charge on any atom is -0.370 e. The lowest BCUT2D eigenvalue weighted by Gasteiger charge is -2.30. The summed E-state index contributed by atoms with van der Waals surface area (Å²) in [5.41, 5.74) is 12.4. The highest BCUT2D eigenvalue weighted by Crippen LogP contribution is 2.28. The number of aryl methyl sites for hydroxylation is 1. The van der Waals surface area contributed by atoms with Crippen molar-refractivity contribution in [1.29, 1.82) is 0 Å². The van der Waals surface area contributed by atoms with Gasteiger partial charge in [-0.3, -0.25) is 4.79 Å². The molecule has 1 aromatic heterocycles. The summed E-state index contributed by atoms with van der Waals surface area (Å²) in [6.45, 7) is 5.91. The van der Waals surface area contributed by atoms with Crippen LogP contribution in [0.1, 0.15) is 68.6 Å². The van der Waals surface area contributed by atoms with Gasteiger partial charge in [-0.25, -0.2) is 15.0 Å². The third-order valence-electron chi connectivity index (χ3n) is 6.26. The van der Waals surface area contributed by atoms with Crippen LogP contribution in [-0.2, 0) is 0 Å². The molecule has 0 saturated heterocycles. The van der Waals surface area contributed by atoms with E-state index in [4.69, 9.17) is 17.9 Å². The van der Waals surface area contributed by atoms with Crippen molar-refractivity contribution in [1.82, 2.24) is 15.3 Å². The first-order valence-corrected chi connectivity index (χ1v) is 11.2. The van der Waals surface area contributed by atoms with Crippen molar-refractivity contribution in [2.75, 3.05) is 5.32 Å². The van der Waals surface area contributed by atoms with Crippen LogP contribution >= 0.6 is 0 Å². The number of amides is 1. The number of benzene rings is 1. The van der Waals surface area contributed by atoms with Gasteiger partial charge in [0.1, 0.15) is 11.4 Å². The van der Waals surface area contributed by atoms with Crippen LogP contribution in [0.25, 0.3) is 10.9 Å². The van der Waals surface area contributed by atoms with Crippen molar-refractivity contribution in [3.8, 4) is 12.3 Å². The summed E-state index contributed by atoms with van der Waals surface area (Å²) >= 11 is 0. The number of nitrogens with zero attached hydrogens (tertiary/aromatic N) is 3. The summed E-state index contributed by atoms with van der Waals surface area (Å²) in [6.07, 6.45) is 10.9. The van der Waals surface area contributed by atoms with Gasteiger partial charge in [0.25, 0.3) is 5.91 Å². The predicted octanol–water partition coefficient (Wildman–Crippen LogP) is 2.86. The van der Waals surface area contributed by atoms with E-state index >= 15 is 0 Å². The van der Waals surface area contributed by atoms with E-state index in [1.54, 1.807) is 0 Å². The number of hydrogen-bond acceptors (Lipinski definition) is 5. The molecule has 1 saturated carbocycles. The van der Waals surface area contributed by atoms with Crippen molar-refractivity contribution in [2.24, 2.45) is 16.5 Å². The Morgan fingerprint density at radius 1 is 1.25 bits per heavy atom. The normalized spacial score (nSPS) is 18.6. The molecule has 8 heteroatoms. The lowest BCUT2D eigenvalue weighted by atomic mass is 9.90. The summed E-state index contributed by atoms with van der Waals surface area (Å²) in [5.74, 6) is 3.10. The van der Waals surface area contributed by atoms with Gasteiger partial charge < -0.3 is 22.1 Å². The van der Waals surface area contributed by atoms with Crippen LogP contribution in [-0.4, -0.2) is 39.5 Å². The summed E-state index contributed by atoms with van der Waals surface area (Å²) in [5, 5.41) is 7.32. The van der Waals surface area contributed by atoms with Crippen LogP contribution in [0, 0.1) is 19.3 Å². The summed E-state index contributed by atoms with van der Waals surface area (Å²) in [4.78, 5) is 26.7. The SMILES string of the molecule is C#CC(CC)(CC)NC(=O)c1nc(NC2CCCCC2N=C(N)N)c2cc(C)ccc2n1. The highest BCUT2D eigenvalue weighted by atomic mass is 16.2. The average Bonchev–Trinajstić information content (AvgIpc) is 2.78. The molecule has 2 unspecified atom stereocenters. The first-order chi connectivity index (χ1) is 15.3. The Balaban J connectivity index is 2.01. The van der Waals surface area contributed by atoms with Crippen molar-refractivity contribution >= 4 is 28.6 Å². The molecule has 0 spiro atoms. The number of nitrogens with one attached hydrogen (secondary N) is 2. The maximum absolute atomic E-state index is 13.1. The lowest BCUT2D eigenvalue weighted by Crippen LogP contribution is -2.47. The Labute approximate surface area is 189 Å². The molecule has 2 aromatic rings. The Morgan fingerprint density at radius 2 is 1.97 bits per heavy atom. The van der Waals surface area contributed by atoms with Gasteiger partial charge in [-0.15, -0.1) is 6.42 Å². The monoisotopic (exact) mass is 435 g/mol. The molecule has 1 aromatic carbocycles. The number of carbonyl (C=O) groups is 1. The Hall–Kier alpha value is -3.34. The molecular formula is C24H33N7O. The zero-order valence-electron chi connectivity index (χ0n) is 19.1. The van der Waals surface area contributed by atoms with Gasteiger partial charge in [0.15, 0.2) is 5.96 Å². The summed E-state index contributed by atoms with van der Waals surface area (Å²) in [6, 6.07) is 5.85. The molecule has 1 fully saturated rings. The van der Waals surface area contributed by atoms with Gasteiger partial charge in [0, 0.05) is 5.39 Å². The van der Waals surface area contributed by atoms with Crippen LogP contribution in [0.2, 0.25) is 0 Å². The number of anilines is 1. The Morgan fingerprint density at radius 3 is 2.62 bits per heavy atom. The molecule has 1 aliphatic carbocycles. The van der Waals surface area contributed by atoms with Crippen molar-refractivity contribution in [3.63, 3.8) is 0 Å². The number of fused-ring (bicyclic) bond motifs is 1. The Bertz CT molecular complexity index is 1050. The van der Waals surface area contributed by atoms with E-state index in [0.29, 0.717) is 24.2 Å². The van der Waals surface area contributed by atoms with E-state index in [2.05, 4.69) is 31.5 Å². The number of terminal acetylenes is 1. The molecule has 1 aliphatic rings. The van der Waals surface area contributed by atoms with E-state index in [1.807, 2.05) is 39.0 Å². The topological polar surface area (TPSA) is 131 Å². The van der Waals surface area contributed by atoms with Crippen molar-refractivity contribution in [2.45, 2.75) is 76.9 Å². The molecule has 2 atom stereocenters.